The van der Waals surface area contributed by atoms with Gasteiger partial charge in [-0.05, 0) is 50.4 Å². The third-order valence-electron chi connectivity index (χ3n) is 4.88. The van der Waals surface area contributed by atoms with Crippen LogP contribution in [0.15, 0.2) is 35.5 Å². The van der Waals surface area contributed by atoms with Crippen LogP contribution < -0.4 is 0 Å². The summed E-state index contributed by atoms with van der Waals surface area (Å²) in [6, 6.07) is 0. The Kier molecular flexibility index (Phi) is 4.86. The molecule has 0 nitrogen and oxygen atoms in total. The van der Waals surface area contributed by atoms with Gasteiger partial charge in [0, 0.05) is 0 Å². The second kappa shape index (κ2) is 6.41. The normalized spacial score (nSPS) is 28.9. The van der Waals surface area contributed by atoms with Crippen molar-refractivity contribution in [2.24, 2.45) is 17.8 Å². The Balaban J connectivity index is 1.90. The van der Waals surface area contributed by atoms with Gasteiger partial charge in [0.25, 0.3) is 0 Å². The van der Waals surface area contributed by atoms with Gasteiger partial charge in [-0.15, -0.1) is 0 Å². The van der Waals surface area contributed by atoms with Crippen LogP contribution in [0.4, 0.5) is 0 Å². The standard InChI is InChI=1S/C18H28/c1-4-14(5-2)7-8-15(6-3)11-18-13-16-9-10-17(18)12-16/h6,9-11,14,16-17H,4-5,7-8,12-13H2,1-3H3. The molecule has 0 aromatic rings. The van der Waals surface area contributed by atoms with Gasteiger partial charge in [-0.3, -0.25) is 0 Å². The molecule has 0 saturated heterocycles. The molecule has 2 rings (SSSR count). The molecule has 0 aromatic heterocycles. The van der Waals surface area contributed by atoms with Gasteiger partial charge in [-0.2, -0.15) is 0 Å². The molecule has 0 N–H and O–H groups in total. The second-order valence-electron chi connectivity index (χ2n) is 6.00. The summed E-state index contributed by atoms with van der Waals surface area (Å²) in [5.41, 5.74) is 3.26. The lowest BCUT2D eigenvalue weighted by molar-refractivity contribution is 0.457. The molecular weight excluding hydrogens is 216 g/mol. The van der Waals surface area contributed by atoms with E-state index in [9.17, 15) is 0 Å². The minimum absolute atomic E-state index is 0.776. The summed E-state index contributed by atoms with van der Waals surface area (Å²) < 4.78 is 0. The monoisotopic (exact) mass is 244 g/mol. The molecule has 2 bridgehead atoms. The highest BCUT2D eigenvalue weighted by atomic mass is 14.3. The number of allylic oxidation sites excluding steroid dienone is 6. The van der Waals surface area contributed by atoms with E-state index in [1.165, 1.54) is 38.5 Å². The van der Waals surface area contributed by atoms with Crippen molar-refractivity contribution in [3.8, 4) is 0 Å². The van der Waals surface area contributed by atoms with Crippen LogP contribution in [0, 0.1) is 17.8 Å². The fourth-order valence-electron chi connectivity index (χ4n) is 3.43. The molecule has 0 amide bonds. The Morgan fingerprint density at radius 2 is 2.11 bits per heavy atom. The summed E-state index contributed by atoms with van der Waals surface area (Å²) in [6.45, 7) is 6.84. The topological polar surface area (TPSA) is 0 Å². The van der Waals surface area contributed by atoms with Crippen molar-refractivity contribution in [1.29, 1.82) is 0 Å². The molecule has 0 radical (unpaired) electrons. The van der Waals surface area contributed by atoms with Gasteiger partial charge < -0.3 is 0 Å². The van der Waals surface area contributed by atoms with Gasteiger partial charge in [0.1, 0.15) is 0 Å². The van der Waals surface area contributed by atoms with Crippen LogP contribution in [-0.4, -0.2) is 0 Å². The number of rotatable bonds is 6. The molecule has 0 aromatic carbocycles. The highest BCUT2D eigenvalue weighted by Gasteiger charge is 2.30. The van der Waals surface area contributed by atoms with E-state index in [4.69, 9.17) is 0 Å². The Morgan fingerprint density at radius 3 is 2.61 bits per heavy atom. The predicted molar refractivity (Wildman–Crippen MR) is 80.5 cm³/mol. The van der Waals surface area contributed by atoms with E-state index in [1.807, 2.05) is 0 Å². The lowest BCUT2D eigenvalue weighted by Crippen LogP contribution is -1.98. The molecule has 1 saturated carbocycles. The van der Waals surface area contributed by atoms with E-state index < -0.39 is 0 Å². The van der Waals surface area contributed by atoms with Crippen molar-refractivity contribution in [1.82, 2.24) is 0 Å². The van der Waals surface area contributed by atoms with E-state index in [0.717, 1.165) is 17.8 Å². The van der Waals surface area contributed by atoms with Crippen LogP contribution in [0.3, 0.4) is 0 Å². The zero-order valence-electron chi connectivity index (χ0n) is 12.3. The van der Waals surface area contributed by atoms with Crippen LogP contribution in [0.5, 0.6) is 0 Å². The van der Waals surface area contributed by atoms with Gasteiger partial charge in [-0.25, -0.2) is 0 Å². The Labute approximate surface area is 113 Å². The Hall–Kier alpha value is -0.780. The maximum absolute atomic E-state index is 2.51. The summed E-state index contributed by atoms with van der Waals surface area (Å²) in [7, 11) is 0. The molecule has 0 heteroatoms. The third kappa shape index (κ3) is 3.16. The van der Waals surface area contributed by atoms with Gasteiger partial charge in [0.05, 0.1) is 0 Å². The molecule has 0 heterocycles. The minimum atomic E-state index is 0.776. The predicted octanol–water partition coefficient (Wildman–Crippen LogP) is 5.67. The molecule has 2 aliphatic rings. The summed E-state index contributed by atoms with van der Waals surface area (Å²) in [5, 5.41) is 0. The van der Waals surface area contributed by atoms with Crippen molar-refractivity contribution >= 4 is 0 Å². The zero-order chi connectivity index (χ0) is 13.0. The zero-order valence-corrected chi connectivity index (χ0v) is 12.3. The average Bonchev–Trinajstić information content (AvgIpc) is 3.00. The largest absolute Gasteiger partial charge is 0.0845 e. The van der Waals surface area contributed by atoms with Crippen molar-refractivity contribution in [3.63, 3.8) is 0 Å². The summed E-state index contributed by atoms with van der Waals surface area (Å²) in [5.74, 6) is 2.55. The molecular formula is C18H28. The Morgan fingerprint density at radius 1 is 1.33 bits per heavy atom. The lowest BCUT2D eigenvalue weighted by atomic mass is 9.92. The van der Waals surface area contributed by atoms with Crippen molar-refractivity contribution < 1.29 is 0 Å². The van der Waals surface area contributed by atoms with Gasteiger partial charge in [-0.1, -0.05) is 62.1 Å². The number of hydrogen-bond donors (Lipinski definition) is 0. The van der Waals surface area contributed by atoms with Crippen LogP contribution in [-0.2, 0) is 0 Å². The lowest BCUT2D eigenvalue weighted by Gasteiger charge is -2.14. The average molecular weight is 244 g/mol. The second-order valence-corrected chi connectivity index (χ2v) is 6.00. The van der Waals surface area contributed by atoms with E-state index in [2.05, 4.69) is 45.1 Å². The first-order chi connectivity index (χ1) is 8.76. The fraction of sp³-hybridized carbons (Fsp3) is 0.667. The summed E-state index contributed by atoms with van der Waals surface area (Å²) >= 11 is 0. The summed E-state index contributed by atoms with van der Waals surface area (Å²) in [4.78, 5) is 0. The SMILES string of the molecule is CC=C(C=C1CC2C=CC1C2)CCC(CC)CC. The van der Waals surface area contributed by atoms with E-state index in [0.29, 0.717) is 0 Å². The minimum Gasteiger partial charge on any atom is -0.0845 e. The quantitative estimate of drug-likeness (QED) is 0.528. The molecule has 2 aliphatic carbocycles. The van der Waals surface area contributed by atoms with Crippen LogP contribution in [0.2, 0.25) is 0 Å². The number of fused-ring (bicyclic) bond motifs is 2. The first-order valence-electron chi connectivity index (χ1n) is 7.80. The maximum Gasteiger partial charge on any atom is -0.00140 e. The van der Waals surface area contributed by atoms with Crippen molar-refractivity contribution in [2.45, 2.75) is 59.3 Å². The van der Waals surface area contributed by atoms with E-state index in [-0.39, 0.29) is 0 Å². The molecule has 18 heavy (non-hydrogen) atoms. The molecule has 0 aliphatic heterocycles. The molecule has 1 fully saturated rings. The van der Waals surface area contributed by atoms with Gasteiger partial charge in [0.15, 0.2) is 0 Å². The van der Waals surface area contributed by atoms with Crippen LogP contribution >= 0.6 is 0 Å². The highest BCUT2D eigenvalue weighted by molar-refractivity contribution is 5.33. The molecule has 0 spiro atoms. The molecule has 100 valence electrons. The number of hydrogen-bond acceptors (Lipinski definition) is 0. The molecule has 2 atom stereocenters. The van der Waals surface area contributed by atoms with Crippen molar-refractivity contribution in [2.75, 3.05) is 0 Å². The smallest absolute Gasteiger partial charge is 0.00140 e. The van der Waals surface area contributed by atoms with E-state index in [1.54, 1.807) is 11.1 Å². The maximum atomic E-state index is 2.51. The first kappa shape index (κ1) is 13.6. The van der Waals surface area contributed by atoms with Crippen LogP contribution in [0.25, 0.3) is 0 Å². The van der Waals surface area contributed by atoms with E-state index >= 15 is 0 Å². The van der Waals surface area contributed by atoms with Gasteiger partial charge >= 0.3 is 0 Å². The van der Waals surface area contributed by atoms with Crippen molar-refractivity contribution in [3.05, 3.63) is 35.5 Å². The first-order valence-corrected chi connectivity index (χ1v) is 7.80. The highest BCUT2D eigenvalue weighted by Crippen LogP contribution is 2.43. The molecule has 2 unspecified atom stereocenters. The van der Waals surface area contributed by atoms with Crippen LogP contribution in [0.1, 0.15) is 59.3 Å². The third-order valence-corrected chi connectivity index (χ3v) is 4.88. The Bertz CT molecular complexity index is 352. The summed E-state index contributed by atoms with van der Waals surface area (Å²) in [6.07, 6.45) is 17.7. The van der Waals surface area contributed by atoms with Gasteiger partial charge in [0.2, 0.25) is 0 Å². The fourth-order valence-corrected chi connectivity index (χ4v) is 3.43.